The lowest BCUT2D eigenvalue weighted by atomic mass is 10.2. The largest absolute Gasteiger partial charge is 0.395 e. The topological polar surface area (TPSA) is 36.4 Å². The lowest BCUT2D eigenvalue weighted by molar-refractivity contribution is 0.198. The van der Waals surface area contributed by atoms with Crippen molar-refractivity contribution in [2.75, 3.05) is 31.2 Å². The number of aliphatic hydroxyl groups is 1. The number of pyridine rings is 1. The van der Waals surface area contributed by atoms with Crippen LogP contribution in [0, 0.1) is 0 Å². The summed E-state index contributed by atoms with van der Waals surface area (Å²) in [4.78, 5) is 6.36. The summed E-state index contributed by atoms with van der Waals surface area (Å²) in [5.74, 6) is 2.27. The highest BCUT2D eigenvalue weighted by Gasteiger charge is 2.04. The van der Waals surface area contributed by atoms with E-state index in [0.29, 0.717) is 0 Å². The van der Waals surface area contributed by atoms with Crippen molar-refractivity contribution in [1.29, 1.82) is 0 Å². The molecule has 1 aromatic heterocycles. The highest BCUT2D eigenvalue weighted by molar-refractivity contribution is 7.99. The third-order valence-corrected chi connectivity index (χ3v) is 3.18. The van der Waals surface area contributed by atoms with Gasteiger partial charge in [0.25, 0.3) is 0 Å². The molecule has 1 rings (SSSR count). The van der Waals surface area contributed by atoms with Gasteiger partial charge >= 0.3 is 0 Å². The fraction of sp³-hybridized carbons (Fsp3) is 0.583. The SMILES string of the molecule is CCSCCN(CCO)Cc1cccnc1. The Morgan fingerprint density at radius 3 is 2.94 bits per heavy atom. The van der Waals surface area contributed by atoms with Crippen molar-refractivity contribution in [2.45, 2.75) is 13.5 Å². The van der Waals surface area contributed by atoms with Crippen molar-refractivity contribution < 1.29 is 5.11 Å². The molecule has 0 saturated heterocycles. The van der Waals surface area contributed by atoms with Crippen molar-refractivity contribution in [1.82, 2.24) is 9.88 Å². The average Bonchev–Trinajstić information content (AvgIpc) is 2.31. The lowest BCUT2D eigenvalue weighted by Crippen LogP contribution is -2.28. The summed E-state index contributed by atoms with van der Waals surface area (Å²) in [5, 5.41) is 9.01. The summed E-state index contributed by atoms with van der Waals surface area (Å²) in [6, 6.07) is 4.03. The first-order valence-corrected chi connectivity index (χ1v) is 6.82. The van der Waals surface area contributed by atoms with Crippen molar-refractivity contribution in [3.63, 3.8) is 0 Å². The smallest absolute Gasteiger partial charge is 0.0558 e. The molecule has 3 nitrogen and oxygen atoms in total. The van der Waals surface area contributed by atoms with Crippen LogP contribution >= 0.6 is 11.8 Å². The van der Waals surface area contributed by atoms with Gasteiger partial charge in [-0.25, -0.2) is 0 Å². The van der Waals surface area contributed by atoms with Gasteiger partial charge in [0.1, 0.15) is 0 Å². The van der Waals surface area contributed by atoms with Gasteiger partial charge in [0.15, 0.2) is 0 Å². The van der Waals surface area contributed by atoms with Crippen molar-refractivity contribution in [3.8, 4) is 0 Å². The normalized spacial score (nSPS) is 10.9. The van der Waals surface area contributed by atoms with Crippen LogP contribution < -0.4 is 0 Å². The number of aliphatic hydroxyl groups excluding tert-OH is 1. The van der Waals surface area contributed by atoms with Crippen LogP contribution in [0.1, 0.15) is 12.5 Å². The van der Waals surface area contributed by atoms with E-state index in [1.165, 1.54) is 5.56 Å². The molecule has 4 heteroatoms. The van der Waals surface area contributed by atoms with Gasteiger partial charge in [0, 0.05) is 37.8 Å². The molecule has 0 bridgehead atoms. The molecule has 0 aliphatic carbocycles. The van der Waals surface area contributed by atoms with E-state index in [-0.39, 0.29) is 6.61 Å². The van der Waals surface area contributed by atoms with Gasteiger partial charge in [-0.3, -0.25) is 9.88 Å². The van der Waals surface area contributed by atoms with E-state index in [1.54, 1.807) is 6.20 Å². The minimum Gasteiger partial charge on any atom is -0.395 e. The average molecular weight is 240 g/mol. The van der Waals surface area contributed by atoms with Crippen LogP contribution in [-0.4, -0.2) is 46.2 Å². The zero-order chi connectivity index (χ0) is 11.6. The summed E-state index contributed by atoms with van der Waals surface area (Å²) in [5.41, 5.74) is 1.21. The zero-order valence-electron chi connectivity index (χ0n) is 9.80. The Kier molecular flexibility index (Phi) is 7.21. The third-order valence-electron chi connectivity index (χ3n) is 2.30. The van der Waals surface area contributed by atoms with Crippen LogP contribution in [0.3, 0.4) is 0 Å². The predicted octanol–water partition coefficient (Wildman–Crippen LogP) is 1.63. The molecule has 0 radical (unpaired) electrons. The minimum absolute atomic E-state index is 0.219. The monoisotopic (exact) mass is 240 g/mol. The van der Waals surface area contributed by atoms with Crippen molar-refractivity contribution >= 4 is 11.8 Å². The van der Waals surface area contributed by atoms with Gasteiger partial charge in [-0.1, -0.05) is 13.0 Å². The van der Waals surface area contributed by atoms with Gasteiger partial charge in [-0.2, -0.15) is 11.8 Å². The van der Waals surface area contributed by atoms with Gasteiger partial charge in [-0.15, -0.1) is 0 Å². The maximum Gasteiger partial charge on any atom is 0.0558 e. The number of hydrogen-bond acceptors (Lipinski definition) is 4. The Hall–Kier alpha value is -0.580. The summed E-state index contributed by atoms with van der Waals surface area (Å²) in [6.07, 6.45) is 3.67. The molecule has 16 heavy (non-hydrogen) atoms. The highest BCUT2D eigenvalue weighted by Crippen LogP contribution is 2.05. The molecular weight excluding hydrogens is 220 g/mol. The van der Waals surface area contributed by atoms with Crippen LogP contribution in [-0.2, 0) is 6.54 Å². The summed E-state index contributed by atoms with van der Waals surface area (Å²) in [6.45, 7) is 5.02. The molecule has 1 heterocycles. The molecule has 0 fully saturated rings. The second-order valence-electron chi connectivity index (χ2n) is 3.56. The summed E-state index contributed by atoms with van der Waals surface area (Å²) >= 11 is 1.93. The zero-order valence-corrected chi connectivity index (χ0v) is 10.6. The van der Waals surface area contributed by atoms with Crippen LogP contribution in [0.15, 0.2) is 24.5 Å². The number of rotatable bonds is 8. The second kappa shape index (κ2) is 8.56. The van der Waals surface area contributed by atoms with Gasteiger partial charge < -0.3 is 5.11 Å². The third kappa shape index (κ3) is 5.49. The molecule has 0 aliphatic rings. The Morgan fingerprint density at radius 1 is 1.44 bits per heavy atom. The quantitative estimate of drug-likeness (QED) is 0.701. The standard InChI is InChI=1S/C12H20N2OS/c1-2-16-9-7-14(6-8-15)11-12-4-3-5-13-10-12/h3-5,10,15H,2,6-9,11H2,1H3. The van der Waals surface area contributed by atoms with E-state index in [9.17, 15) is 0 Å². The highest BCUT2D eigenvalue weighted by atomic mass is 32.2. The first kappa shape index (κ1) is 13.5. The molecule has 90 valence electrons. The first-order chi connectivity index (χ1) is 7.86. The maximum atomic E-state index is 9.01. The van der Waals surface area contributed by atoms with Gasteiger partial charge in [-0.05, 0) is 17.4 Å². The van der Waals surface area contributed by atoms with E-state index < -0.39 is 0 Å². The molecule has 0 amide bonds. The number of nitrogens with zero attached hydrogens (tertiary/aromatic N) is 2. The molecule has 0 spiro atoms. The molecule has 0 saturated carbocycles. The maximum absolute atomic E-state index is 9.01. The van der Waals surface area contributed by atoms with Gasteiger partial charge in [0.05, 0.1) is 6.61 Å². The Labute approximate surface area is 102 Å². The summed E-state index contributed by atoms with van der Waals surface area (Å²) in [7, 11) is 0. The van der Waals surface area contributed by atoms with Gasteiger partial charge in [0.2, 0.25) is 0 Å². The first-order valence-electron chi connectivity index (χ1n) is 5.66. The molecular formula is C12H20N2OS. The number of thioether (sulfide) groups is 1. The van der Waals surface area contributed by atoms with E-state index in [2.05, 4.69) is 22.9 Å². The molecule has 0 unspecified atom stereocenters. The second-order valence-corrected chi connectivity index (χ2v) is 4.95. The molecule has 0 aliphatic heterocycles. The van der Waals surface area contributed by atoms with Crippen LogP contribution in [0.4, 0.5) is 0 Å². The van der Waals surface area contributed by atoms with E-state index >= 15 is 0 Å². The van der Waals surface area contributed by atoms with Crippen molar-refractivity contribution in [2.24, 2.45) is 0 Å². The molecule has 0 aromatic carbocycles. The Balaban J connectivity index is 2.38. The molecule has 1 N–H and O–H groups in total. The fourth-order valence-electron chi connectivity index (χ4n) is 1.50. The lowest BCUT2D eigenvalue weighted by Gasteiger charge is -2.20. The van der Waals surface area contributed by atoms with E-state index in [4.69, 9.17) is 5.11 Å². The van der Waals surface area contributed by atoms with Crippen LogP contribution in [0.5, 0.6) is 0 Å². The predicted molar refractivity (Wildman–Crippen MR) is 69.6 cm³/mol. The van der Waals surface area contributed by atoms with E-state index in [1.807, 2.05) is 24.0 Å². The van der Waals surface area contributed by atoms with Crippen LogP contribution in [0.25, 0.3) is 0 Å². The molecule has 1 aromatic rings. The Morgan fingerprint density at radius 2 is 2.31 bits per heavy atom. The van der Waals surface area contributed by atoms with Crippen molar-refractivity contribution in [3.05, 3.63) is 30.1 Å². The summed E-state index contributed by atoms with van der Waals surface area (Å²) < 4.78 is 0. The van der Waals surface area contributed by atoms with Crippen LogP contribution in [0.2, 0.25) is 0 Å². The van der Waals surface area contributed by atoms with E-state index in [0.717, 1.165) is 31.1 Å². The molecule has 0 atom stereocenters. The fourth-order valence-corrected chi connectivity index (χ4v) is 2.18. The Bertz CT molecular complexity index is 269. The minimum atomic E-state index is 0.219. The number of hydrogen-bond donors (Lipinski definition) is 1. The number of aromatic nitrogens is 1.